The van der Waals surface area contributed by atoms with Gasteiger partial charge in [-0.1, -0.05) is 6.92 Å². The summed E-state index contributed by atoms with van der Waals surface area (Å²) in [5.74, 6) is 0.143. The molecular formula is C11H19N3O2S2. The second-order valence-electron chi connectivity index (χ2n) is 4.37. The van der Waals surface area contributed by atoms with E-state index in [9.17, 15) is 8.42 Å². The van der Waals surface area contributed by atoms with Crippen molar-refractivity contribution in [1.29, 1.82) is 0 Å². The molecule has 2 N–H and O–H groups in total. The van der Waals surface area contributed by atoms with E-state index in [0.29, 0.717) is 11.6 Å². The van der Waals surface area contributed by atoms with Crippen LogP contribution >= 0.6 is 11.3 Å². The second kappa shape index (κ2) is 5.99. The van der Waals surface area contributed by atoms with Crippen LogP contribution in [0.2, 0.25) is 0 Å². The molecule has 7 heteroatoms. The summed E-state index contributed by atoms with van der Waals surface area (Å²) >= 11 is 1.48. The first-order valence-corrected chi connectivity index (χ1v) is 8.77. The van der Waals surface area contributed by atoms with E-state index >= 15 is 0 Å². The highest BCUT2D eigenvalue weighted by Crippen LogP contribution is 2.30. The summed E-state index contributed by atoms with van der Waals surface area (Å²) in [5.41, 5.74) is 1.07. The van der Waals surface area contributed by atoms with Crippen LogP contribution in [-0.2, 0) is 22.9 Å². The van der Waals surface area contributed by atoms with E-state index in [1.54, 1.807) is 0 Å². The number of sulfonamides is 1. The molecule has 0 unspecified atom stereocenters. The van der Waals surface area contributed by atoms with E-state index in [4.69, 9.17) is 0 Å². The molecule has 5 nitrogen and oxygen atoms in total. The van der Waals surface area contributed by atoms with E-state index in [1.807, 2.05) is 6.92 Å². The smallest absolute Gasteiger partial charge is 0.234 e. The molecule has 0 saturated carbocycles. The topological polar surface area (TPSA) is 71.1 Å². The lowest BCUT2D eigenvalue weighted by molar-refractivity contribution is 0.595. The second-order valence-corrected chi connectivity index (χ2v) is 7.30. The van der Waals surface area contributed by atoms with Gasteiger partial charge in [0, 0.05) is 4.88 Å². The molecular weight excluding hydrogens is 270 g/mol. The number of aromatic nitrogens is 1. The average Bonchev–Trinajstić information content (AvgIpc) is 2.84. The molecule has 0 bridgehead atoms. The number of hydrogen-bond donors (Lipinski definition) is 2. The number of aryl methyl sites for hydroxylation is 2. The number of nitrogens with zero attached hydrogens (tertiary/aromatic N) is 1. The Balaban J connectivity index is 1.87. The van der Waals surface area contributed by atoms with Gasteiger partial charge in [-0.25, -0.2) is 13.4 Å². The van der Waals surface area contributed by atoms with Crippen LogP contribution in [0.5, 0.6) is 0 Å². The van der Waals surface area contributed by atoms with Gasteiger partial charge in [0.1, 0.15) is 0 Å². The van der Waals surface area contributed by atoms with Crippen LogP contribution < -0.4 is 10.0 Å². The van der Waals surface area contributed by atoms with E-state index in [1.165, 1.54) is 16.2 Å². The first-order valence-electron chi connectivity index (χ1n) is 6.30. The van der Waals surface area contributed by atoms with Crippen molar-refractivity contribution in [2.45, 2.75) is 32.6 Å². The van der Waals surface area contributed by atoms with Crippen molar-refractivity contribution in [3.63, 3.8) is 0 Å². The Hall–Kier alpha value is -0.660. The molecule has 1 aliphatic carbocycles. The number of thiazole rings is 1. The highest BCUT2D eigenvalue weighted by atomic mass is 32.2. The molecule has 0 aromatic carbocycles. The van der Waals surface area contributed by atoms with E-state index in [0.717, 1.165) is 38.0 Å². The lowest BCUT2D eigenvalue weighted by Gasteiger charge is -2.05. The maximum absolute atomic E-state index is 11.8. The van der Waals surface area contributed by atoms with Gasteiger partial charge in [-0.3, -0.25) is 4.72 Å². The molecule has 0 amide bonds. The molecule has 1 heterocycles. The fourth-order valence-electron chi connectivity index (χ4n) is 1.98. The number of hydrogen-bond acceptors (Lipinski definition) is 5. The summed E-state index contributed by atoms with van der Waals surface area (Å²) in [6.07, 6.45) is 3.78. The van der Waals surface area contributed by atoms with Crippen LogP contribution in [0.25, 0.3) is 0 Å². The van der Waals surface area contributed by atoms with Crippen molar-refractivity contribution in [3.8, 4) is 0 Å². The summed E-state index contributed by atoms with van der Waals surface area (Å²) in [7, 11) is -3.24. The van der Waals surface area contributed by atoms with Crippen molar-refractivity contribution in [1.82, 2.24) is 10.3 Å². The minimum atomic E-state index is -3.24. The number of anilines is 1. The van der Waals surface area contributed by atoms with Crippen molar-refractivity contribution in [2.75, 3.05) is 23.6 Å². The average molecular weight is 289 g/mol. The first-order chi connectivity index (χ1) is 8.61. The summed E-state index contributed by atoms with van der Waals surface area (Å²) in [6.45, 7) is 3.60. The molecule has 1 aromatic heterocycles. The number of nitrogens with one attached hydrogen (secondary N) is 2. The normalized spacial score (nSPS) is 14.7. The van der Waals surface area contributed by atoms with Gasteiger partial charge in [0.2, 0.25) is 10.0 Å². The van der Waals surface area contributed by atoms with Crippen molar-refractivity contribution >= 4 is 26.5 Å². The van der Waals surface area contributed by atoms with E-state index < -0.39 is 10.0 Å². The molecule has 0 aliphatic heterocycles. The summed E-state index contributed by atoms with van der Waals surface area (Å²) in [6, 6.07) is 0. The zero-order valence-electron chi connectivity index (χ0n) is 10.5. The van der Waals surface area contributed by atoms with Crippen LogP contribution in [0.3, 0.4) is 0 Å². The summed E-state index contributed by atoms with van der Waals surface area (Å²) in [5, 5.41) is 3.64. The zero-order chi connectivity index (χ0) is 13.0. The van der Waals surface area contributed by atoms with Gasteiger partial charge in [0.25, 0.3) is 0 Å². The fourth-order valence-corrected chi connectivity index (χ4v) is 4.37. The monoisotopic (exact) mass is 289 g/mol. The molecule has 102 valence electrons. The van der Waals surface area contributed by atoms with Gasteiger partial charge in [0.15, 0.2) is 5.13 Å². The molecule has 0 fully saturated rings. The van der Waals surface area contributed by atoms with Gasteiger partial charge in [-0.05, 0) is 38.8 Å². The van der Waals surface area contributed by atoms with Gasteiger partial charge in [-0.2, -0.15) is 0 Å². The molecule has 1 aromatic rings. The maximum atomic E-state index is 11.8. The predicted octanol–water partition coefficient (Wildman–Crippen LogP) is 1.37. The standard InChI is InChI=1S/C11H19N3O2S2/c1-2-12-7-4-8-18(15,16)14-11-13-9-5-3-6-10(9)17-11/h12H,2-8H2,1H3,(H,13,14). The lowest BCUT2D eigenvalue weighted by atomic mass is 10.4. The molecule has 0 saturated heterocycles. The Bertz CT molecular complexity index is 475. The first kappa shape index (κ1) is 13.8. The van der Waals surface area contributed by atoms with Crippen LogP contribution in [0, 0.1) is 0 Å². The quantitative estimate of drug-likeness (QED) is 0.744. The predicted molar refractivity (Wildman–Crippen MR) is 74.7 cm³/mol. The molecule has 2 rings (SSSR count). The Morgan fingerprint density at radius 1 is 1.39 bits per heavy atom. The summed E-state index contributed by atoms with van der Waals surface area (Å²) in [4.78, 5) is 5.57. The highest BCUT2D eigenvalue weighted by Gasteiger charge is 2.19. The Labute approximate surface area is 112 Å². The zero-order valence-corrected chi connectivity index (χ0v) is 12.2. The number of rotatable bonds is 7. The molecule has 0 atom stereocenters. The minimum absolute atomic E-state index is 0.143. The number of fused-ring (bicyclic) bond motifs is 1. The minimum Gasteiger partial charge on any atom is -0.317 e. The van der Waals surface area contributed by atoms with Gasteiger partial charge >= 0.3 is 0 Å². The van der Waals surface area contributed by atoms with Crippen molar-refractivity contribution < 1.29 is 8.42 Å². The van der Waals surface area contributed by atoms with E-state index in [2.05, 4.69) is 15.0 Å². The van der Waals surface area contributed by atoms with Gasteiger partial charge in [-0.15, -0.1) is 11.3 Å². The third kappa shape index (κ3) is 3.66. The molecule has 0 spiro atoms. The fraction of sp³-hybridized carbons (Fsp3) is 0.727. The largest absolute Gasteiger partial charge is 0.317 e. The van der Waals surface area contributed by atoms with Crippen molar-refractivity contribution in [2.24, 2.45) is 0 Å². The Morgan fingerprint density at radius 2 is 2.22 bits per heavy atom. The Kier molecular flexibility index (Phi) is 4.58. The highest BCUT2D eigenvalue weighted by molar-refractivity contribution is 7.92. The van der Waals surface area contributed by atoms with Gasteiger partial charge < -0.3 is 5.32 Å². The third-order valence-electron chi connectivity index (χ3n) is 2.86. The molecule has 0 radical (unpaired) electrons. The van der Waals surface area contributed by atoms with Crippen LogP contribution in [0.1, 0.15) is 30.3 Å². The maximum Gasteiger partial charge on any atom is 0.234 e. The molecule has 1 aliphatic rings. The van der Waals surface area contributed by atoms with Gasteiger partial charge in [0.05, 0.1) is 11.4 Å². The van der Waals surface area contributed by atoms with Crippen LogP contribution in [0.4, 0.5) is 5.13 Å². The van der Waals surface area contributed by atoms with Crippen molar-refractivity contribution in [3.05, 3.63) is 10.6 Å². The summed E-state index contributed by atoms with van der Waals surface area (Å²) < 4.78 is 26.2. The van der Waals surface area contributed by atoms with Crippen LogP contribution in [-0.4, -0.2) is 32.2 Å². The van der Waals surface area contributed by atoms with E-state index in [-0.39, 0.29) is 5.75 Å². The Morgan fingerprint density at radius 3 is 2.94 bits per heavy atom. The molecule has 18 heavy (non-hydrogen) atoms. The SMILES string of the molecule is CCNCCCS(=O)(=O)Nc1nc2c(s1)CCC2. The lowest BCUT2D eigenvalue weighted by Crippen LogP contribution is -2.21. The van der Waals surface area contributed by atoms with Crippen LogP contribution in [0.15, 0.2) is 0 Å². The third-order valence-corrected chi connectivity index (χ3v) is 5.39.